The highest BCUT2D eigenvalue weighted by molar-refractivity contribution is 7.14. The number of para-hydroxylation sites is 1. The first-order valence-electron chi connectivity index (χ1n) is 7.47. The molecule has 0 radical (unpaired) electrons. The van der Waals surface area contributed by atoms with Crippen LogP contribution in [0, 0.1) is 6.92 Å². The van der Waals surface area contributed by atoms with Crippen LogP contribution in [0.15, 0.2) is 54.0 Å². The van der Waals surface area contributed by atoms with Crippen molar-refractivity contribution in [2.45, 2.75) is 6.92 Å². The van der Waals surface area contributed by atoms with E-state index in [9.17, 15) is 4.79 Å². The minimum Gasteiger partial charge on any atom is -0.298 e. The number of benzene rings is 2. The van der Waals surface area contributed by atoms with Crippen molar-refractivity contribution in [3.63, 3.8) is 0 Å². The first-order valence-corrected chi connectivity index (χ1v) is 8.35. The number of carbonyl (C=O) groups is 1. The summed E-state index contributed by atoms with van der Waals surface area (Å²) in [4.78, 5) is 17.0. The minimum absolute atomic E-state index is 0.199. The average molecular weight is 334 g/mol. The van der Waals surface area contributed by atoms with Gasteiger partial charge in [0.25, 0.3) is 5.91 Å². The van der Waals surface area contributed by atoms with Gasteiger partial charge >= 0.3 is 0 Å². The van der Waals surface area contributed by atoms with E-state index in [0.717, 1.165) is 22.2 Å². The highest BCUT2D eigenvalue weighted by atomic mass is 32.1. The van der Waals surface area contributed by atoms with Crippen molar-refractivity contribution >= 4 is 33.3 Å². The standard InChI is InChI=1S/C18H14N4OS/c1-11-5-7-12(8-6-11)15-10-24-18(20-15)21-17(23)14-4-2-3-13-9-19-22-16(13)14/h2-10H,1H3,(H,19,22)(H,20,21,23). The second kappa shape index (κ2) is 5.90. The van der Waals surface area contributed by atoms with E-state index >= 15 is 0 Å². The van der Waals surface area contributed by atoms with Crippen molar-refractivity contribution in [1.29, 1.82) is 0 Å². The zero-order valence-corrected chi connectivity index (χ0v) is 13.7. The maximum Gasteiger partial charge on any atom is 0.259 e. The van der Waals surface area contributed by atoms with Crippen molar-refractivity contribution in [2.75, 3.05) is 5.32 Å². The molecule has 2 heterocycles. The van der Waals surface area contributed by atoms with Gasteiger partial charge in [-0.1, -0.05) is 42.0 Å². The Kier molecular flexibility index (Phi) is 3.59. The number of aromatic amines is 1. The number of thiazole rings is 1. The molecule has 0 aliphatic carbocycles. The zero-order valence-electron chi connectivity index (χ0n) is 12.9. The van der Waals surface area contributed by atoms with Gasteiger partial charge in [-0.3, -0.25) is 15.2 Å². The van der Waals surface area contributed by atoms with Crippen LogP contribution in [0.25, 0.3) is 22.2 Å². The third-order valence-electron chi connectivity index (χ3n) is 3.79. The van der Waals surface area contributed by atoms with E-state index in [2.05, 4.69) is 20.5 Å². The summed E-state index contributed by atoms with van der Waals surface area (Å²) in [5.74, 6) is -0.199. The molecule has 2 aromatic carbocycles. The Labute approximate surface area is 142 Å². The molecule has 0 saturated carbocycles. The molecule has 0 aliphatic heterocycles. The van der Waals surface area contributed by atoms with Crippen LogP contribution in [0.1, 0.15) is 15.9 Å². The van der Waals surface area contributed by atoms with Crippen LogP contribution in [0.2, 0.25) is 0 Å². The molecule has 4 rings (SSSR count). The molecule has 4 aromatic rings. The first kappa shape index (κ1) is 14.6. The van der Waals surface area contributed by atoms with Crippen molar-refractivity contribution in [1.82, 2.24) is 15.2 Å². The van der Waals surface area contributed by atoms with Gasteiger partial charge in [0.1, 0.15) is 0 Å². The SMILES string of the molecule is Cc1ccc(-c2csc(NC(=O)c3cccc4cn[nH]c34)n2)cc1. The van der Waals surface area contributed by atoms with Gasteiger partial charge in [-0.05, 0) is 13.0 Å². The highest BCUT2D eigenvalue weighted by Crippen LogP contribution is 2.26. The molecule has 5 nitrogen and oxygen atoms in total. The zero-order chi connectivity index (χ0) is 16.5. The van der Waals surface area contributed by atoms with Crippen LogP contribution in [-0.4, -0.2) is 21.1 Å². The molecule has 0 fully saturated rings. The van der Waals surface area contributed by atoms with E-state index in [-0.39, 0.29) is 5.91 Å². The predicted octanol–water partition coefficient (Wildman–Crippen LogP) is 4.25. The maximum absolute atomic E-state index is 12.5. The van der Waals surface area contributed by atoms with Gasteiger partial charge in [-0.2, -0.15) is 5.10 Å². The molecule has 1 amide bonds. The Hall–Kier alpha value is -2.99. The minimum atomic E-state index is -0.199. The summed E-state index contributed by atoms with van der Waals surface area (Å²) in [7, 11) is 0. The fourth-order valence-corrected chi connectivity index (χ4v) is 3.23. The summed E-state index contributed by atoms with van der Waals surface area (Å²) >= 11 is 1.41. The van der Waals surface area contributed by atoms with Crippen LogP contribution < -0.4 is 5.32 Å². The Morgan fingerprint density at radius 2 is 2.00 bits per heavy atom. The molecular weight excluding hydrogens is 320 g/mol. The molecule has 118 valence electrons. The van der Waals surface area contributed by atoms with Gasteiger partial charge in [0.2, 0.25) is 0 Å². The Balaban J connectivity index is 1.58. The molecule has 6 heteroatoms. The summed E-state index contributed by atoms with van der Waals surface area (Å²) < 4.78 is 0. The summed E-state index contributed by atoms with van der Waals surface area (Å²) in [6, 6.07) is 13.7. The number of nitrogens with one attached hydrogen (secondary N) is 2. The number of rotatable bonds is 3. The molecular formula is C18H14N4OS. The van der Waals surface area contributed by atoms with Crippen LogP contribution in [-0.2, 0) is 0 Å². The van der Waals surface area contributed by atoms with Crippen molar-refractivity contribution in [3.8, 4) is 11.3 Å². The number of hydrogen-bond donors (Lipinski definition) is 2. The first-order chi connectivity index (χ1) is 11.7. The normalized spacial score (nSPS) is 10.9. The van der Waals surface area contributed by atoms with Crippen LogP contribution in [0.4, 0.5) is 5.13 Å². The lowest BCUT2D eigenvalue weighted by molar-refractivity contribution is 0.102. The summed E-state index contributed by atoms with van der Waals surface area (Å²) in [5.41, 5.74) is 4.38. The lowest BCUT2D eigenvalue weighted by atomic mass is 10.1. The molecule has 0 aliphatic rings. The van der Waals surface area contributed by atoms with Gasteiger partial charge < -0.3 is 0 Å². The molecule has 0 saturated heterocycles. The third kappa shape index (κ3) is 2.68. The summed E-state index contributed by atoms with van der Waals surface area (Å²) in [6.45, 7) is 2.05. The van der Waals surface area contributed by atoms with Gasteiger partial charge in [0.15, 0.2) is 5.13 Å². The number of aromatic nitrogens is 3. The van der Waals surface area contributed by atoms with Crippen LogP contribution in [0.3, 0.4) is 0 Å². The van der Waals surface area contributed by atoms with Crippen molar-refractivity contribution in [3.05, 3.63) is 65.2 Å². The van der Waals surface area contributed by atoms with Crippen molar-refractivity contribution < 1.29 is 4.79 Å². The number of carbonyl (C=O) groups excluding carboxylic acids is 1. The van der Waals surface area contributed by atoms with E-state index in [1.807, 2.05) is 48.7 Å². The van der Waals surface area contributed by atoms with E-state index < -0.39 is 0 Å². The van der Waals surface area contributed by atoms with E-state index in [1.165, 1.54) is 16.9 Å². The summed E-state index contributed by atoms with van der Waals surface area (Å²) in [5, 5.41) is 13.1. The average Bonchev–Trinajstić information content (AvgIpc) is 3.24. The lowest BCUT2D eigenvalue weighted by Gasteiger charge is -2.03. The number of hydrogen-bond acceptors (Lipinski definition) is 4. The van der Waals surface area contributed by atoms with Gasteiger partial charge in [-0.15, -0.1) is 11.3 Å². The van der Waals surface area contributed by atoms with E-state index in [4.69, 9.17) is 0 Å². The molecule has 0 spiro atoms. The van der Waals surface area contributed by atoms with E-state index in [1.54, 1.807) is 12.3 Å². The predicted molar refractivity (Wildman–Crippen MR) is 96.3 cm³/mol. The van der Waals surface area contributed by atoms with Gasteiger partial charge in [0.05, 0.1) is 23.0 Å². The Morgan fingerprint density at radius 3 is 2.83 bits per heavy atom. The number of H-pyrrole nitrogens is 1. The second-order valence-electron chi connectivity index (χ2n) is 5.50. The van der Waals surface area contributed by atoms with Gasteiger partial charge in [-0.25, -0.2) is 4.98 Å². The van der Waals surface area contributed by atoms with Crippen LogP contribution in [0.5, 0.6) is 0 Å². The fraction of sp³-hybridized carbons (Fsp3) is 0.0556. The fourth-order valence-electron chi connectivity index (χ4n) is 2.51. The number of fused-ring (bicyclic) bond motifs is 1. The Bertz CT molecular complexity index is 1020. The third-order valence-corrected chi connectivity index (χ3v) is 4.55. The molecule has 0 unspecified atom stereocenters. The quantitative estimate of drug-likeness (QED) is 0.588. The van der Waals surface area contributed by atoms with Crippen LogP contribution >= 0.6 is 11.3 Å². The molecule has 0 atom stereocenters. The lowest BCUT2D eigenvalue weighted by Crippen LogP contribution is -2.12. The highest BCUT2D eigenvalue weighted by Gasteiger charge is 2.13. The number of aryl methyl sites for hydroxylation is 1. The Morgan fingerprint density at radius 1 is 1.17 bits per heavy atom. The molecule has 0 bridgehead atoms. The summed E-state index contributed by atoms with van der Waals surface area (Å²) in [6.07, 6.45) is 1.70. The number of anilines is 1. The molecule has 2 N–H and O–H groups in total. The van der Waals surface area contributed by atoms with Crippen molar-refractivity contribution in [2.24, 2.45) is 0 Å². The van der Waals surface area contributed by atoms with Gasteiger partial charge in [0, 0.05) is 16.3 Å². The monoisotopic (exact) mass is 334 g/mol. The number of nitrogens with zero attached hydrogens (tertiary/aromatic N) is 2. The maximum atomic E-state index is 12.5. The smallest absolute Gasteiger partial charge is 0.259 e. The number of amides is 1. The topological polar surface area (TPSA) is 70.7 Å². The molecule has 2 aromatic heterocycles. The largest absolute Gasteiger partial charge is 0.298 e. The molecule has 24 heavy (non-hydrogen) atoms. The van der Waals surface area contributed by atoms with E-state index in [0.29, 0.717) is 10.7 Å². The second-order valence-corrected chi connectivity index (χ2v) is 6.36.